The fourth-order valence-corrected chi connectivity index (χ4v) is 5.53. The van der Waals surface area contributed by atoms with E-state index < -0.39 is 0 Å². The summed E-state index contributed by atoms with van der Waals surface area (Å²) in [6.45, 7) is 4.61. The number of benzene rings is 1. The molecule has 1 N–H and O–H groups in total. The summed E-state index contributed by atoms with van der Waals surface area (Å²) in [4.78, 5) is 2.70. The molecule has 1 saturated carbocycles. The van der Waals surface area contributed by atoms with Crippen LogP contribution in [0.15, 0.2) is 30.3 Å². The summed E-state index contributed by atoms with van der Waals surface area (Å²) in [6.07, 6.45) is 10.3. The molecule has 2 heterocycles. The zero-order chi connectivity index (χ0) is 17.2. The van der Waals surface area contributed by atoms with E-state index in [0.29, 0.717) is 5.41 Å². The zero-order valence-electron chi connectivity index (χ0n) is 16.2. The average Bonchev–Trinajstić information content (AvgIpc) is 2.70. The van der Waals surface area contributed by atoms with Crippen LogP contribution in [0.2, 0.25) is 0 Å². The predicted molar refractivity (Wildman–Crippen MR) is 116 cm³/mol. The van der Waals surface area contributed by atoms with Crippen LogP contribution in [-0.4, -0.2) is 37.1 Å². The lowest BCUT2D eigenvalue weighted by atomic mass is 9.66. The molecule has 1 aromatic carbocycles. The molecule has 5 heteroatoms. The highest BCUT2D eigenvalue weighted by Crippen LogP contribution is 2.45. The van der Waals surface area contributed by atoms with Crippen molar-refractivity contribution in [1.82, 2.24) is 10.2 Å². The van der Waals surface area contributed by atoms with Gasteiger partial charge in [0.2, 0.25) is 0 Å². The first kappa shape index (κ1) is 22.5. The quantitative estimate of drug-likeness (QED) is 0.768. The van der Waals surface area contributed by atoms with E-state index in [9.17, 15) is 5.26 Å². The molecule has 0 bridgehead atoms. The number of nitrogens with zero attached hydrogens (tertiary/aromatic N) is 2. The van der Waals surface area contributed by atoms with Gasteiger partial charge in [0.05, 0.1) is 11.5 Å². The molecule has 0 aromatic heterocycles. The Hall–Kier alpha value is -0.790. The molecule has 1 spiro atoms. The van der Waals surface area contributed by atoms with Crippen molar-refractivity contribution >= 4 is 24.8 Å². The maximum Gasteiger partial charge on any atom is 0.0846 e. The topological polar surface area (TPSA) is 39.1 Å². The van der Waals surface area contributed by atoms with Gasteiger partial charge >= 0.3 is 0 Å². The minimum absolute atomic E-state index is 0. The van der Waals surface area contributed by atoms with Gasteiger partial charge in [0.15, 0.2) is 0 Å². The molecule has 0 amide bonds. The number of nitrogens with one attached hydrogen (secondary N) is 1. The average molecular weight is 410 g/mol. The first-order valence-corrected chi connectivity index (χ1v) is 10.2. The molecule has 3 nitrogen and oxygen atoms in total. The number of hydrogen-bond donors (Lipinski definition) is 1. The van der Waals surface area contributed by atoms with E-state index in [1.54, 1.807) is 0 Å². The Kier molecular flexibility index (Phi) is 8.01. The molecule has 1 aliphatic carbocycles. The second kappa shape index (κ2) is 9.61. The second-order valence-corrected chi connectivity index (χ2v) is 8.58. The molecule has 27 heavy (non-hydrogen) atoms. The maximum atomic E-state index is 9.88. The van der Waals surface area contributed by atoms with Crippen molar-refractivity contribution in [3.63, 3.8) is 0 Å². The summed E-state index contributed by atoms with van der Waals surface area (Å²) in [5, 5.41) is 13.4. The first-order valence-electron chi connectivity index (χ1n) is 10.2. The minimum atomic E-state index is -0.261. The van der Waals surface area contributed by atoms with Crippen LogP contribution >= 0.6 is 24.8 Å². The van der Waals surface area contributed by atoms with Crippen molar-refractivity contribution in [1.29, 1.82) is 5.26 Å². The Morgan fingerprint density at radius 1 is 0.889 bits per heavy atom. The fraction of sp³-hybridized carbons (Fsp3) is 0.682. The Bertz CT molecular complexity index is 604. The molecule has 1 aromatic rings. The van der Waals surface area contributed by atoms with Crippen LogP contribution in [0.1, 0.15) is 56.9 Å². The van der Waals surface area contributed by atoms with Crippen molar-refractivity contribution < 1.29 is 0 Å². The first-order chi connectivity index (χ1) is 12.3. The van der Waals surface area contributed by atoms with Gasteiger partial charge in [-0.2, -0.15) is 5.26 Å². The summed E-state index contributed by atoms with van der Waals surface area (Å²) in [7, 11) is 0. The van der Waals surface area contributed by atoms with Gasteiger partial charge in [-0.3, -0.25) is 0 Å². The number of nitriles is 1. The van der Waals surface area contributed by atoms with Gasteiger partial charge in [-0.1, -0.05) is 30.3 Å². The standard InChI is InChI=1S/C22H31N3.2ClH/c23-18-22(19-4-2-1-3-5-19)12-16-25(17-13-22)20-6-8-21(9-7-20)10-14-24-15-11-21;;/h1-5,20,24H,6-17H2;2*1H. The Balaban J connectivity index is 0.00000131. The van der Waals surface area contributed by atoms with Crippen molar-refractivity contribution in [2.45, 2.75) is 62.8 Å². The highest BCUT2D eigenvalue weighted by atomic mass is 35.5. The monoisotopic (exact) mass is 409 g/mol. The number of hydrogen-bond acceptors (Lipinski definition) is 3. The van der Waals surface area contributed by atoms with Crippen LogP contribution in [0.5, 0.6) is 0 Å². The molecule has 150 valence electrons. The largest absolute Gasteiger partial charge is 0.317 e. The molecule has 2 aliphatic heterocycles. The number of halogens is 2. The molecular formula is C22H33Cl2N3. The van der Waals surface area contributed by atoms with Gasteiger partial charge in [0, 0.05) is 19.1 Å². The van der Waals surface area contributed by atoms with Crippen LogP contribution in [0, 0.1) is 16.7 Å². The van der Waals surface area contributed by atoms with Gasteiger partial charge < -0.3 is 10.2 Å². The normalized spacial score (nSPS) is 25.0. The third-order valence-electron chi connectivity index (χ3n) is 7.39. The lowest BCUT2D eigenvalue weighted by Gasteiger charge is -2.48. The van der Waals surface area contributed by atoms with E-state index >= 15 is 0 Å². The maximum absolute atomic E-state index is 9.88. The Morgan fingerprint density at radius 3 is 2.04 bits per heavy atom. The minimum Gasteiger partial charge on any atom is -0.317 e. The number of rotatable bonds is 2. The zero-order valence-corrected chi connectivity index (χ0v) is 17.8. The summed E-state index contributed by atoms with van der Waals surface area (Å²) >= 11 is 0. The molecule has 3 fully saturated rings. The van der Waals surface area contributed by atoms with Crippen LogP contribution in [-0.2, 0) is 5.41 Å². The SMILES string of the molecule is Cl.Cl.N#CC1(c2ccccc2)CCN(C2CCC3(CCNCC3)CC2)CC1. The van der Waals surface area contributed by atoms with Crippen molar-refractivity contribution in [3.8, 4) is 6.07 Å². The molecule has 0 unspecified atom stereocenters. The van der Waals surface area contributed by atoms with Gasteiger partial charge in [-0.25, -0.2) is 0 Å². The second-order valence-electron chi connectivity index (χ2n) is 8.58. The van der Waals surface area contributed by atoms with E-state index in [1.807, 2.05) is 6.07 Å². The van der Waals surface area contributed by atoms with E-state index in [1.165, 1.54) is 57.2 Å². The van der Waals surface area contributed by atoms with Crippen LogP contribution < -0.4 is 5.32 Å². The molecule has 0 atom stereocenters. The van der Waals surface area contributed by atoms with Crippen molar-refractivity contribution in [2.75, 3.05) is 26.2 Å². The van der Waals surface area contributed by atoms with Crippen molar-refractivity contribution in [2.24, 2.45) is 5.41 Å². The third kappa shape index (κ3) is 4.62. The summed E-state index contributed by atoms with van der Waals surface area (Å²) in [5.41, 5.74) is 1.61. The van der Waals surface area contributed by atoms with Crippen LogP contribution in [0.4, 0.5) is 0 Å². The lowest BCUT2D eigenvalue weighted by molar-refractivity contribution is 0.0479. The Labute approximate surface area is 176 Å². The number of piperidine rings is 2. The molecular weight excluding hydrogens is 377 g/mol. The van der Waals surface area contributed by atoms with E-state index in [-0.39, 0.29) is 30.2 Å². The highest BCUT2D eigenvalue weighted by Gasteiger charge is 2.41. The van der Waals surface area contributed by atoms with E-state index in [4.69, 9.17) is 0 Å². The van der Waals surface area contributed by atoms with E-state index in [2.05, 4.69) is 40.6 Å². The Morgan fingerprint density at radius 2 is 1.48 bits per heavy atom. The van der Waals surface area contributed by atoms with Gasteiger partial charge in [0.25, 0.3) is 0 Å². The molecule has 0 radical (unpaired) electrons. The van der Waals surface area contributed by atoms with Gasteiger partial charge in [-0.05, 0) is 75.4 Å². The van der Waals surface area contributed by atoms with Crippen LogP contribution in [0.25, 0.3) is 0 Å². The lowest BCUT2D eigenvalue weighted by Crippen LogP contribution is -2.49. The molecule has 2 saturated heterocycles. The molecule has 4 rings (SSSR count). The van der Waals surface area contributed by atoms with Crippen molar-refractivity contribution in [3.05, 3.63) is 35.9 Å². The molecule has 3 aliphatic rings. The summed E-state index contributed by atoms with van der Waals surface area (Å²) in [6, 6.07) is 13.9. The van der Waals surface area contributed by atoms with Gasteiger partial charge in [-0.15, -0.1) is 24.8 Å². The third-order valence-corrected chi connectivity index (χ3v) is 7.39. The van der Waals surface area contributed by atoms with Crippen LogP contribution in [0.3, 0.4) is 0 Å². The van der Waals surface area contributed by atoms with E-state index in [0.717, 1.165) is 32.0 Å². The predicted octanol–water partition coefficient (Wildman–Crippen LogP) is 4.70. The highest BCUT2D eigenvalue weighted by molar-refractivity contribution is 5.85. The fourth-order valence-electron chi connectivity index (χ4n) is 5.53. The summed E-state index contributed by atoms with van der Waals surface area (Å²) < 4.78 is 0. The smallest absolute Gasteiger partial charge is 0.0846 e. The summed E-state index contributed by atoms with van der Waals surface area (Å²) in [5.74, 6) is 0. The van der Waals surface area contributed by atoms with Gasteiger partial charge in [0.1, 0.15) is 0 Å². The number of likely N-dealkylation sites (tertiary alicyclic amines) is 1.